The topological polar surface area (TPSA) is 0 Å². The molecular formula is C4H7I2-. The van der Waals surface area contributed by atoms with Crippen LogP contribution >= 0.6 is 15.8 Å². The summed E-state index contributed by atoms with van der Waals surface area (Å²) >= 11 is 0.465. The van der Waals surface area contributed by atoms with Crippen molar-refractivity contribution in [2.45, 2.75) is 0 Å². The molecule has 0 aromatic carbocycles. The fraction of sp³-hybridized carbons (Fsp3) is 0.500. The zero-order valence-corrected chi connectivity index (χ0v) is 7.93. The first-order valence-corrected chi connectivity index (χ1v) is 13.0. The third kappa shape index (κ3) is 1.36. The third-order valence-electron chi connectivity index (χ3n) is 0.579. The summed E-state index contributed by atoms with van der Waals surface area (Å²) in [5.41, 5.74) is 0. The molecule has 2 heteroatoms. The molecule has 1 rings (SSSR count). The van der Waals surface area contributed by atoms with Gasteiger partial charge in [-0.1, -0.05) is 0 Å². The minimum atomic E-state index is -0.191. The normalized spacial score (nSPS) is 27.2. The maximum atomic E-state index is 2.48. The SMILES string of the molecule is CI1CC=C[I-]1. The van der Waals surface area contributed by atoms with Gasteiger partial charge in [0.15, 0.2) is 0 Å². The Balaban J connectivity index is 2.32. The van der Waals surface area contributed by atoms with E-state index in [1.54, 1.807) is 0 Å². The van der Waals surface area contributed by atoms with Crippen LogP contribution < -0.4 is 17.2 Å². The molecule has 0 aromatic heterocycles. The van der Waals surface area contributed by atoms with Crippen molar-refractivity contribution < 1.29 is 17.2 Å². The second-order valence-corrected chi connectivity index (χ2v) is 18.6. The molecule has 0 amide bonds. The van der Waals surface area contributed by atoms with Gasteiger partial charge >= 0.3 is 52.6 Å². The van der Waals surface area contributed by atoms with Crippen molar-refractivity contribution in [2.75, 3.05) is 9.36 Å². The summed E-state index contributed by atoms with van der Waals surface area (Å²) in [7, 11) is 0. The molecule has 0 aliphatic carbocycles. The molecule has 1 heterocycles. The molecule has 0 saturated heterocycles. The van der Waals surface area contributed by atoms with Crippen molar-refractivity contribution in [3.05, 3.63) is 10.2 Å². The average Bonchev–Trinajstić information content (AvgIpc) is 1.86. The van der Waals surface area contributed by atoms with Gasteiger partial charge in [-0.3, -0.25) is 0 Å². The van der Waals surface area contributed by atoms with Gasteiger partial charge in [0.1, 0.15) is 0 Å². The molecule has 0 radical (unpaired) electrons. The Labute approximate surface area is 52.1 Å². The monoisotopic (exact) mass is 309 g/mol. The summed E-state index contributed by atoms with van der Waals surface area (Å²) in [5.74, 6) is 0. The number of halogens is 2. The summed E-state index contributed by atoms with van der Waals surface area (Å²) in [6.07, 6.45) is 2.37. The molecule has 1 aliphatic heterocycles. The van der Waals surface area contributed by atoms with Crippen LogP contribution in [0.4, 0.5) is 0 Å². The molecule has 0 N–H and O–H groups in total. The number of allylic oxidation sites excluding steroid dienone is 1. The molecule has 6 heavy (non-hydrogen) atoms. The van der Waals surface area contributed by atoms with E-state index in [2.05, 4.69) is 15.1 Å². The van der Waals surface area contributed by atoms with E-state index in [-0.39, 0.29) is 15.8 Å². The first kappa shape index (κ1) is 5.34. The maximum absolute atomic E-state index is 2.48. The van der Waals surface area contributed by atoms with Crippen LogP contribution in [0.2, 0.25) is 0 Å². The first-order chi connectivity index (χ1) is 2.89. The molecular weight excluding hydrogens is 302 g/mol. The van der Waals surface area contributed by atoms with Crippen LogP contribution in [0.25, 0.3) is 0 Å². The predicted octanol–water partition coefficient (Wildman–Crippen LogP) is -1.35. The number of hydrogen-bond donors (Lipinski definition) is 0. The second kappa shape index (κ2) is 2.49. The van der Waals surface area contributed by atoms with E-state index in [4.69, 9.17) is 0 Å². The van der Waals surface area contributed by atoms with E-state index in [1.807, 2.05) is 0 Å². The number of hydrogen-bond acceptors (Lipinski definition) is 0. The van der Waals surface area contributed by atoms with Crippen molar-refractivity contribution in [3.8, 4) is 0 Å². The van der Waals surface area contributed by atoms with E-state index in [9.17, 15) is 0 Å². The molecule has 0 atom stereocenters. The Morgan fingerprint density at radius 2 is 2.67 bits per heavy atom. The van der Waals surface area contributed by atoms with Gasteiger partial charge in [0.05, 0.1) is 0 Å². The molecule has 38 valence electrons. The van der Waals surface area contributed by atoms with Crippen LogP contribution in [-0.2, 0) is 0 Å². The predicted molar refractivity (Wildman–Crippen MR) is 34.0 cm³/mol. The van der Waals surface area contributed by atoms with Gasteiger partial charge in [0.2, 0.25) is 0 Å². The number of rotatable bonds is 0. The van der Waals surface area contributed by atoms with Crippen molar-refractivity contribution in [2.24, 2.45) is 0 Å². The van der Waals surface area contributed by atoms with Crippen molar-refractivity contribution in [3.63, 3.8) is 0 Å². The van der Waals surface area contributed by atoms with E-state index in [0.717, 1.165) is 0 Å². The molecule has 1 aliphatic rings. The van der Waals surface area contributed by atoms with Crippen LogP contribution in [0, 0.1) is 0 Å². The van der Waals surface area contributed by atoms with E-state index in [0.29, 0.717) is 17.2 Å². The third-order valence-corrected chi connectivity index (χ3v) is 13.3. The van der Waals surface area contributed by atoms with Gasteiger partial charge in [0.25, 0.3) is 0 Å². The quantitative estimate of drug-likeness (QED) is 0.384. The molecule has 0 nitrogen and oxygen atoms in total. The van der Waals surface area contributed by atoms with Crippen LogP contribution in [-0.4, -0.2) is 9.36 Å². The van der Waals surface area contributed by atoms with Crippen molar-refractivity contribution in [1.82, 2.24) is 0 Å². The Morgan fingerprint density at radius 3 is 2.83 bits per heavy atom. The first-order valence-electron chi connectivity index (χ1n) is 1.75. The molecule has 0 spiro atoms. The number of alkyl halides is 2. The fourth-order valence-electron chi connectivity index (χ4n) is 0.305. The Bertz CT molecular complexity index is 59.9. The summed E-state index contributed by atoms with van der Waals surface area (Å²) in [5, 5.41) is 0. The Morgan fingerprint density at radius 1 is 1.83 bits per heavy atom. The molecule has 0 bridgehead atoms. The van der Waals surface area contributed by atoms with E-state index >= 15 is 0 Å². The van der Waals surface area contributed by atoms with E-state index < -0.39 is 0 Å². The van der Waals surface area contributed by atoms with Crippen molar-refractivity contribution in [1.29, 1.82) is 0 Å². The summed E-state index contributed by atoms with van der Waals surface area (Å²) in [6.45, 7) is 0. The van der Waals surface area contributed by atoms with Crippen LogP contribution in [0.3, 0.4) is 0 Å². The Kier molecular flexibility index (Phi) is 2.22. The van der Waals surface area contributed by atoms with E-state index in [1.165, 1.54) is 4.43 Å². The van der Waals surface area contributed by atoms with Gasteiger partial charge in [-0.15, -0.1) is 0 Å². The van der Waals surface area contributed by atoms with Crippen LogP contribution in [0.1, 0.15) is 0 Å². The zero-order chi connectivity index (χ0) is 4.41. The molecule has 0 fully saturated rings. The molecule has 0 saturated carbocycles. The standard InChI is InChI=1S/C4H7I2/c1-6-4-2-3-5-6/h2-3H,4H2,1H3/q-1. The van der Waals surface area contributed by atoms with Crippen molar-refractivity contribution >= 4 is 15.8 Å². The average molecular weight is 309 g/mol. The second-order valence-electron chi connectivity index (χ2n) is 1.11. The van der Waals surface area contributed by atoms with Gasteiger partial charge < -0.3 is 0 Å². The zero-order valence-electron chi connectivity index (χ0n) is 3.62. The molecule has 0 unspecified atom stereocenters. The Hall–Kier alpha value is 1.20. The van der Waals surface area contributed by atoms with Crippen LogP contribution in [0.5, 0.6) is 0 Å². The molecule has 0 aromatic rings. The minimum absolute atomic E-state index is 0.191. The van der Waals surface area contributed by atoms with Gasteiger partial charge in [-0.2, -0.15) is 0 Å². The summed E-state index contributed by atoms with van der Waals surface area (Å²) < 4.78 is 3.95. The van der Waals surface area contributed by atoms with Gasteiger partial charge in [-0.05, 0) is 0 Å². The van der Waals surface area contributed by atoms with Gasteiger partial charge in [-0.25, -0.2) is 0 Å². The van der Waals surface area contributed by atoms with Crippen LogP contribution in [0.15, 0.2) is 10.2 Å². The summed E-state index contributed by atoms with van der Waals surface area (Å²) in [6, 6.07) is 0. The van der Waals surface area contributed by atoms with Gasteiger partial charge in [0, 0.05) is 0 Å². The summed E-state index contributed by atoms with van der Waals surface area (Å²) in [4.78, 5) is 2.48. The fourth-order valence-corrected chi connectivity index (χ4v) is 10.3.